The maximum atomic E-state index is 13.1. The van der Waals surface area contributed by atoms with E-state index in [1.54, 1.807) is 0 Å². The van der Waals surface area contributed by atoms with Gasteiger partial charge in [-0.05, 0) is 53.9 Å². The molecular formula is C31H63NO8S. The number of hydrogen-bond acceptors (Lipinski definition) is 7. The molecule has 0 aliphatic heterocycles. The third-order valence-corrected chi connectivity index (χ3v) is 7.41. The van der Waals surface area contributed by atoms with Gasteiger partial charge in [0.25, 0.3) is 10.1 Å². The van der Waals surface area contributed by atoms with Crippen LogP contribution < -0.4 is 5.32 Å². The van der Waals surface area contributed by atoms with Crippen LogP contribution in [0.15, 0.2) is 0 Å². The van der Waals surface area contributed by atoms with Gasteiger partial charge in [-0.15, -0.1) is 0 Å². The van der Waals surface area contributed by atoms with E-state index < -0.39 is 37.9 Å². The summed E-state index contributed by atoms with van der Waals surface area (Å²) in [6.07, 6.45) is 2.56. The van der Waals surface area contributed by atoms with E-state index in [2.05, 4.69) is 5.32 Å². The summed E-state index contributed by atoms with van der Waals surface area (Å²) in [5, 5.41) is 2.47. The number of ether oxygens (including phenoxy) is 2. The first-order valence-corrected chi connectivity index (χ1v) is 16.7. The van der Waals surface area contributed by atoms with E-state index in [0.717, 1.165) is 0 Å². The van der Waals surface area contributed by atoms with E-state index in [-0.39, 0.29) is 43.2 Å². The van der Waals surface area contributed by atoms with Gasteiger partial charge in [0.1, 0.15) is 12.4 Å². The number of nitrogens with one attached hydrogen (secondary N) is 1. The van der Waals surface area contributed by atoms with Crippen LogP contribution in [0.25, 0.3) is 0 Å². The number of carbonyl (C=O) groups excluding carboxylic acids is 3. The van der Waals surface area contributed by atoms with Crippen LogP contribution in [0.2, 0.25) is 0 Å². The fourth-order valence-corrected chi connectivity index (χ4v) is 3.72. The minimum atomic E-state index is -4.12. The molecule has 0 heterocycles. The second-order valence-electron chi connectivity index (χ2n) is 12.8. The maximum absolute atomic E-state index is 13.1. The lowest BCUT2D eigenvalue weighted by molar-refractivity contribution is -0.169. The predicted molar refractivity (Wildman–Crippen MR) is 168 cm³/mol. The molecule has 0 aromatic carbocycles. The Kier molecular flexibility index (Phi) is 21.2. The van der Waals surface area contributed by atoms with Crippen molar-refractivity contribution in [2.45, 2.75) is 153 Å². The van der Waals surface area contributed by atoms with Crippen LogP contribution >= 0.6 is 0 Å². The molecule has 1 atom stereocenters. The van der Waals surface area contributed by atoms with Crippen LogP contribution in [0, 0.1) is 10.8 Å². The highest BCUT2D eigenvalue weighted by atomic mass is 32.2. The molecule has 0 aromatic heterocycles. The summed E-state index contributed by atoms with van der Waals surface area (Å²) in [6, 6.07) is 0. The van der Waals surface area contributed by atoms with Gasteiger partial charge in [0.2, 0.25) is 5.91 Å². The molecule has 0 radical (unpaired) electrons. The van der Waals surface area contributed by atoms with Gasteiger partial charge in [-0.25, -0.2) is 0 Å². The quantitative estimate of drug-likeness (QED) is 0.140. The van der Waals surface area contributed by atoms with E-state index in [1.807, 2.05) is 96.9 Å². The Morgan fingerprint density at radius 1 is 0.780 bits per heavy atom. The fraction of sp³-hybridized carbons (Fsp3) is 0.903. The average molecular weight is 610 g/mol. The Bertz CT molecular complexity index is 866. The molecule has 10 heteroatoms. The second-order valence-corrected chi connectivity index (χ2v) is 14.4. The number of rotatable bonds is 17. The van der Waals surface area contributed by atoms with Crippen molar-refractivity contribution in [3.63, 3.8) is 0 Å². The van der Waals surface area contributed by atoms with Gasteiger partial charge in [-0.3, -0.25) is 18.9 Å². The van der Waals surface area contributed by atoms with Gasteiger partial charge in [0.15, 0.2) is 5.78 Å². The molecule has 0 fully saturated rings. The van der Waals surface area contributed by atoms with Crippen LogP contribution in [-0.4, -0.2) is 66.7 Å². The monoisotopic (exact) mass is 609 g/mol. The van der Waals surface area contributed by atoms with Crippen LogP contribution in [-0.2, 0) is 34.0 Å². The Labute approximate surface area is 252 Å². The molecule has 0 bridgehead atoms. The SMILES string of the molecule is CC.CC.CC(C)(C)OCC(=O)C(C)(C)C(C)(C)OC(CCCCC(=O)NCCS(=O)(=O)O)CCC(=O)C(C)(C)C. The summed E-state index contributed by atoms with van der Waals surface area (Å²) in [6.45, 7) is 26.6. The molecule has 1 unspecified atom stereocenters. The van der Waals surface area contributed by atoms with E-state index >= 15 is 0 Å². The Balaban J connectivity index is -0.00000344. The van der Waals surface area contributed by atoms with Gasteiger partial charge < -0.3 is 14.8 Å². The van der Waals surface area contributed by atoms with Crippen molar-refractivity contribution in [1.82, 2.24) is 5.32 Å². The van der Waals surface area contributed by atoms with Crippen molar-refractivity contribution in [1.29, 1.82) is 0 Å². The van der Waals surface area contributed by atoms with Gasteiger partial charge >= 0.3 is 0 Å². The van der Waals surface area contributed by atoms with Gasteiger partial charge in [0, 0.05) is 24.8 Å². The molecule has 0 aliphatic carbocycles. The van der Waals surface area contributed by atoms with E-state index in [1.165, 1.54) is 0 Å². The Morgan fingerprint density at radius 3 is 1.73 bits per heavy atom. The molecule has 2 N–H and O–H groups in total. The molecule has 0 spiro atoms. The van der Waals surface area contributed by atoms with E-state index in [0.29, 0.717) is 32.1 Å². The summed E-state index contributed by atoms with van der Waals surface area (Å²) in [7, 11) is -4.12. The molecule has 0 rings (SSSR count). The van der Waals surface area contributed by atoms with Gasteiger partial charge in [-0.2, -0.15) is 8.42 Å². The zero-order chi connectivity index (χ0) is 33.3. The summed E-state index contributed by atoms with van der Waals surface area (Å²) >= 11 is 0. The number of Topliss-reactive ketones (excluding diaryl/α,β-unsaturated/α-hetero) is 2. The molecule has 41 heavy (non-hydrogen) atoms. The first-order valence-electron chi connectivity index (χ1n) is 15.1. The smallest absolute Gasteiger partial charge is 0.266 e. The van der Waals surface area contributed by atoms with Crippen molar-refractivity contribution < 1.29 is 36.8 Å². The highest BCUT2D eigenvalue weighted by Gasteiger charge is 2.45. The summed E-state index contributed by atoms with van der Waals surface area (Å²) in [5.74, 6) is -0.764. The Hall–Kier alpha value is -1.36. The maximum Gasteiger partial charge on any atom is 0.266 e. The molecular weight excluding hydrogens is 546 g/mol. The van der Waals surface area contributed by atoms with Crippen LogP contribution in [0.4, 0.5) is 0 Å². The number of carbonyl (C=O) groups is 3. The highest BCUT2D eigenvalue weighted by molar-refractivity contribution is 7.85. The molecule has 1 amide bonds. The van der Waals surface area contributed by atoms with E-state index in [9.17, 15) is 22.8 Å². The minimum Gasteiger partial charge on any atom is -0.371 e. The molecule has 9 nitrogen and oxygen atoms in total. The lowest BCUT2D eigenvalue weighted by Crippen LogP contribution is -2.50. The van der Waals surface area contributed by atoms with Gasteiger partial charge in [0.05, 0.1) is 28.5 Å². The number of hydrogen-bond donors (Lipinski definition) is 2. The molecule has 0 aromatic rings. The normalized spacial score (nSPS) is 13.2. The summed E-state index contributed by atoms with van der Waals surface area (Å²) in [5.41, 5.74) is -2.59. The lowest BCUT2D eigenvalue weighted by atomic mass is 9.73. The molecule has 0 aliphatic rings. The summed E-state index contributed by atoms with van der Waals surface area (Å²) < 4.78 is 42.5. The zero-order valence-electron chi connectivity index (χ0n) is 28.7. The van der Waals surface area contributed by atoms with Crippen molar-refractivity contribution in [2.24, 2.45) is 10.8 Å². The lowest BCUT2D eigenvalue weighted by Gasteiger charge is -2.43. The standard InChI is InChI=1S/C27H51NO8S.2C2H6/c1-24(2,3)21(29)16-15-20(13-11-12-14-23(31)28-17-18-37(32,33)34)36-27(9,10)26(7,8)22(30)19-35-25(4,5)6;2*1-2/h20H,11-19H2,1-10H3,(H,28,31)(H,32,33,34);2*1-2H3. The van der Waals surface area contributed by atoms with Crippen molar-refractivity contribution in [3.05, 3.63) is 0 Å². The molecule has 246 valence electrons. The van der Waals surface area contributed by atoms with Crippen molar-refractivity contribution in [3.8, 4) is 0 Å². The minimum absolute atomic E-state index is 0.0246. The number of ketones is 2. The third-order valence-electron chi connectivity index (χ3n) is 6.69. The van der Waals surface area contributed by atoms with Crippen molar-refractivity contribution in [2.75, 3.05) is 18.9 Å². The van der Waals surface area contributed by atoms with Crippen molar-refractivity contribution >= 4 is 27.6 Å². The van der Waals surface area contributed by atoms with E-state index in [4.69, 9.17) is 14.0 Å². The van der Waals surface area contributed by atoms with Gasteiger partial charge in [-0.1, -0.05) is 68.7 Å². The van der Waals surface area contributed by atoms with Crippen LogP contribution in [0.5, 0.6) is 0 Å². The first-order chi connectivity index (χ1) is 18.5. The summed E-state index contributed by atoms with van der Waals surface area (Å²) in [4.78, 5) is 37.6. The third kappa shape index (κ3) is 21.1. The zero-order valence-corrected chi connectivity index (χ0v) is 29.5. The molecule has 0 saturated heterocycles. The van der Waals surface area contributed by atoms with Crippen LogP contribution in [0.3, 0.4) is 0 Å². The van der Waals surface area contributed by atoms with Crippen LogP contribution in [0.1, 0.15) is 135 Å². The average Bonchev–Trinajstić information content (AvgIpc) is 2.83. The number of unbranched alkanes of at least 4 members (excludes halogenated alkanes) is 1. The largest absolute Gasteiger partial charge is 0.371 e. The first kappa shape index (κ1) is 44.1. The Morgan fingerprint density at radius 2 is 1.29 bits per heavy atom. The predicted octanol–water partition coefficient (Wildman–Crippen LogP) is 6.57. The highest BCUT2D eigenvalue weighted by Crippen LogP contribution is 2.37. The topological polar surface area (TPSA) is 136 Å². The second kappa shape index (κ2) is 19.8. The number of amides is 1. The fourth-order valence-electron chi connectivity index (χ4n) is 3.36. The molecule has 0 saturated carbocycles.